The van der Waals surface area contributed by atoms with Crippen molar-refractivity contribution in [3.63, 3.8) is 0 Å². The first-order chi connectivity index (χ1) is 9.56. The van der Waals surface area contributed by atoms with Crippen molar-refractivity contribution in [2.45, 2.75) is 32.7 Å². The predicted molar refractivity (Wildman–Crippen MR) is 93.7 cm³/mol. The summed E-state index contributed by atoms with van der Waals surface area (Å²) in [5.41, 5.74) is 2.24. The van der Waals surface area contributed by atoms with Crippen LogP contribution in [0.5, 0.6) is 0 Å². The lowest BCUT2D eigenvalue weighted by molar-refractivity contribution is -0.895. The number of rotatable bonds is 9. The van der Waals surface area contributed by atoms with E-state index in [9.17, 15) is 0 Å². The number of likely N-dealkylation sites (N-methyl/N-ethyl adjacent to an activating group) is 2. The molecule has 0 saturated carbocycles. The number of quaternary nitrogens is 1. The van der Waals surface area contributed by atoms with Crippen molar-refractivity contribution < 1.29 is 4.48 Å². The molecule has 4 heteroatoms. The molecule has 1 atom stereocenters. The van der Waals surface area contributed by atoms with Crippen molar-refractivity contribution in [3.8, 4) is 0 Å². The maximum atomic E-state index is 8.42. The molecule has 1 N–H and O–H groups in total. The second-order valence-corrected chi connectivity index (χ2v) is 6.77. The van der Waals surface area contributed by atoms with Gasteiger partial charge < -0.3 is 14.3 Å². The van der Waals surface area contributed by atoms with E-state index in [2.05, 4.69) is 52.5 Å². The Hall–Kier alpha value is -1.29. The van der Waals surface area contributed by atoms with E-state index in [4.69, 9.17) is 5.41 Å². The van der Waals surface area contributed by atoms with Crippen molar-refractivity contribution >= 4 is 5.71 Å². The zero-order chi connectivity index (χ0) is 16.8. The summed E-state index contributed by atoms with van der Waals surface area (Å²) in [6.07, 6.45) is 4.11. The van der Waals surface area contributed by atoms with E-state index >= 15 is 0 Å². The van der Waals surface area contributed by atoms with E-state index in [1.54, 1.807) is 0 Å². The van der Waals surface area contributed by atoms with E-state index in [1.807, 2.05) is 26.0 Å². The standard InChI is InChI=1S/C17H35N4/c1-10-12-16(19(4)5)17(18)14(3)20(6)13-15(11-2)21(7,8)9/h12,15,18H,3,10-11,13H2,1-2,4-9H3/q+1/b16-12-,18-17?. The fourth-order valence-electron chi connectivity index (χ4n) is 2.39. The zero-order valence-corrected chi connectivity index (χ0v) is 15.3. The van der Waals surface area contributed by atoms with Gasteiger partial charge in [0.1, 0.15) is 6.04 Å². The van der Waals surface area contributed by atoms with Gasteiger partial charge in [-0.2, -0.15) is 0 Å². The van der Waals surface area contributed by atoms with E-state index in [-0.39, 0.29) is 0 Å². The van der Waals surface area contributed by atoms with Crippen LogP contribution in [0.15, 0.2) is 24.0 Å². The zero-order valence-electron chi connectivity index (χ0n) is 15.3. The molecule has 0 rings (SSSR count). The molecule has 122 valence electrons. The lowest BCUT2D eigenvalue weighted by Gasteiger charge is -2.37. The highest BCUT2D eigenvalue weighted by molar-refractivity contribution is 6.08. The molecule has 0 saturated heterocycles. The van der Waals surface area contributed by atoms with Crippen molar-refractivity contribution in [1.82, 2.24) is 9.80 Å². The lowest BCUT2D eigenvalue weighted by Crippen LogP contribution is -2.50. The molecule has 0 aromatic rings. The Morgan fingerprint density at radius 1 is 1.19 bits per heavy atom. The van der Waals surface area contributed by atoms with Gasteiger partial charge in [-0.25, -0.2) is 0 Å². The van der Waals surface area contributed by atoms with E-state index < -0.39 is 0 Å². The molecule has 0 aliphatic rings. The van der Waals surface area contributed by atoms with Gasteiger partial charge in [-0.15, -0.1) is 0 Å². The van der Waals surface area contributed by atoms with Gasteiger partial charge in [0, 0.05) is 21.1 Å². The number of hydrogen-bond donors (Lipinski definition) is 1. The van der Waals surface area contributed by atoms with Crippen LogP contribution >= 0.6 is 0 Å². The summed E-state index contributed by atoms with van der Waals surface area (Å²) in [5, 5.41) is 8.42. The Kier molecular flexibility index (Phi) is 7.72. The highest BCUT2D eigenvalue weighted by Gasteiger charge is 2.25. The number of nitrogens with one attached hydrogen (secondary N) is 1. The van der Waals surface area contributed by atoms with E-state index in [1.165, 1.54) is 0 Å². The fourth-order valence-corrected chi connectivity index (χ4v) is 2.39. The molecule has 0 spiro atoms. The first-order valence-corrected chi connectivity index (χ1v) is 7.74. The summed E-state index contributed by atoms with van der Waals surface area (Å²) in [6, 6.07) is 0.525. The summed E-state index contributed by atoms with van der Waals surface area (Å²) >= 11 is 0. The Balaban J connectivity index is 5.00. The molecule has 1 unspecified atom stereocenters. The van der Waals surface area contributed by atoms with Gasteiger partial charge in [-0.1, -0.05) is 26.5 Å². The number of nitrogens with zero attached hydrogens (tertiary/aromatic N) is 3. The average molecular weight is 295 g/mol. The van der Waals surface area contributed by atoms with Gasteiger partial charge in [0.15, 0.2) is 0 Å². The van der Waals surface area contributed by atoms with Gasteiger partial charge in [0.2, 0.25) is 0 Å². The third-order valence-electron chi connectivity index (χ3n) is 3.94. The molecule has 21 heavy (non-hydrogen) atoms. The van der Waals surface area contributed by atoms with Crippen molar-refractivity contribution in [3.05, 3.63) is 24.0 Å². The lowest BCUT2D eigenvalue weighted by atomic mass is 10.1. The largest absolute Gasteiger partial charge is 0.376 e. The second-order valence-electron chi connectivity index (χ2n) is 6.77. The molecule has 0 bridgehead atoms. The van der Waals surface area contributed by atoms with Gasteiger partial charge in [0.25, 0.3) is 0 Å². The van der Waals surface area contributed by atoms with Gasteiger partial charge in [0.05, 0.1) is 44.8 Å². The summed E-state index contributed by atoms with van der Waals surface area (Å²) in [4.78, 5) is 4.11. The van der Waals surface area contributed by atoms with Crippen LogP contribution in [-0.4, -0.2) is 74.9 Å². The molecule has 0 radical (unpaired) electrons. The molecule has 0 aromatic carbocycles. The molecular formula is C17H35N4+. The van der Waals surface area contributed by atoms with Crippen LogP contribution in [0.4, 0.5) is 0 Å². The first kappa shape index (κ1) is 19.7. The van der Waals surface area contributed by atoms with Crippen molar-refractivity contribution in [2.75, 3.05) is 48.8 Å². The molecule has 0 fully saturated rings. The van der Waals surface area contributed by atoms with Gasteiger partial charge in [-0.3, -0.25) is 5.41 Å². The van der Waals surface area contributed by atoms with Crippen LogP contribution in [0.3, 0.4) is 0 Å². The highest BCUT2D eigenvalue weighted by Crippen LogP contribution is 2.15. The monoisotopic (exact) mass is 295 g/mol. The highest BCUT2D eigenvalue weighted by atomic mass is 15.3. The van der Waals surface area contributed by atoms with Crippen molar-refractivity contribution in [1.29, 1.82) is 5.41 Å². The third-order valence-corrected chi connectivity index (χ3v) is 3.94. The van der Waals surface area contributed by atoms with Crippen molar-refractivity contribution in [2.24, 2.45) is 0 Å². The molecule has 0 amide bonds. The average Bonchev–Trinajstić information content (AvgIpc) is 2.38. The van der Waals surface area contributed by atoms with Crippen LogP contribution in [-0.2, 0) is 0 Å². The first-order valence-electron chi connectivity index (χ1n) is 7.74. The van der Waals surface area contributed by atoms with Crippen LogP contribution in [0.25, 0.3) is 0 Å². The van der Waals surface area contributed by atoms with E-state index in [0.29, 0.717) is 11.8 Å². The molecule has 0 aliphatic carbocycles. The number of allylic oxidation sites excluding steroid dienone is 1. The minimum Gasteiger partial charge on any atom is -0.376 e. The molecule has 0 aromatic heterocycles. The van der Waals surface area contributed by atoms with E-state index in [0.717, 1.165) is 35.3 Å². The maximum absolute atomic E-state index is 8.42. The summed E-state index contributed by atoms with van der Waals surface area (Å²) < 4.78 is 0.923. The number of hydrogen-bond acceptors (Lipinski definition) is 3. The predicted octanol–water partition coefficient (Wildman–Crippen LogP) is 2.79. The smallest absolute Gasteiger partial charge is 0.106 e. The normalized spacial score (nSPS) is 13.8. The SMILES string of the molecule is C=C(C(=N)/C(=C/CC)N(C)C)N(C)CC(CC)[N+](C)(C)C. The summed E-state index contributed by atoms with van der Waals surface area (Å²) in [6.45, 7) is 9.36. The third kappa shape index (κ3) is 5.92. The Labute approximate surface area is 131 Å². The second kappa shape index (κ2) is 8.23. The summed E-state index contributed by atoms with van der Waals surface area (Å²) in [7, 11) is 12.7. The molecule has 0 aliphatic heterocycles. The van der Waals surface area contributed by atoms with Crippen LogP contribution in [0, 0.1) is 5.41 Å². The van der Waals surface area contributed by atoms with Crippen LogP contribution in [0.2, 0.25) is 0 Å². The molecular weight excluding hydrogens is 260 g/mol. The Morgan fingerprint density at radius 2 is 1.71 bits per heavy atom. The minimum absolute atomic E-state index is 0.514. The van der Waals surface area contributed by atoms with Gasteiger partial charge in [-0.05, 0) is 12.8 Å². The topological polar surface area (TPSA) is 30.3 Å². The minimum atomic E-state index is 0.514. The quantitative estimate of drug-likeness (QED) is 0.524. The molecule has 0 heterocycles. The van der Waals surface area contributed by atoms with Gasteiger partial charge >= 0.3 is 0 Å². The van der Waals surface area contributed by atoms with Crippen LogP contribution < -0.4 is 0 Å². The summed E-state index contributed by atoms with van der Waals surface area (Å²) in [5.74, 6) is 0. The van der Waals surface area contributed by atoms with Crippen LogP contribution in [0.1, 0.15) is 26.7 Å². The Bertz CT molecular complexity index is 388. The molecule has 4 nitrogen and oxygen atoms in total. The fraction of sp³-hybridized carbons (Fsp3) is 0.706. The Morgan fingerprint density at radius 3 is 2.05 bits per heavy atom. The maximum Gasteiger partial charge on any atom is 0.106 e.